The van der Waals surface area contributed by atoms with Gasteiger partial charge in [0.1, 0.15) is 17.8 Å². The zero-order valence-corrected chi connectivity index (χ0v) is 12.9. The molecule has 8 nitrogen and oxygen atoms in total. The zero-order valence-electron chi connectivity index (χ0n) is 12.1. The average Bonchev–Trinajstić information content (AvgIpc) is 3.08. The van der Waals surface area contributed by atoms with E-state index >= 15 is 0 Å². The molecule has 0 spiro atoms. The number of hydrogen-bond donors (Lipinski definition) is 2. The van der Waals surface area contributed by atoms with Crippen molar-refractivity contribution in [3.05, 3.63) is 0 Å². The Morgan fingerprint density at radius 3 is 2.35 bits per heavy atom. The molecule has 0 radical (unpaired) electrons. The first-order valence-corrected chi connectivity index (χ1v) is 7.90. The van der Waals surface area contributed by atoms with E-state index in [0.717, 1.165) is 12.8 Å². The minimum atomic E-state index is -4.54. The molecule has 1 fully saturated rings. The number of hydrogen-bond acceptors (Lipinski definition) is 6. The van der Waals surface area contributed by atoms with Crippen molar-refractivity contribution >= 4 is 22.0 Å². The fraction of sp³-hybridized carbons (Fsp3) is 0.818. The van der Waals surface area contributed by atoms with Crippen LogP contribution in [0.4, 0.5) is 0 Å². The summed E-state index contributed by atoms with van der Waals surface area (Å²) in [4.78, 5) is 8.86. The molecule has 20 heavy (non-hydrogen) atoms. The van der Waals surface area contributed by atoms with Gasteiger partial charge in [-0.1, -0.05) is 20.8 Å². The van der Waals surface area contributed by atoms with Gasteiger partial charge >= 0.3 is 10.3 Å². The molecule has 0 bridgehead atoms. The fourth-order valence-electron chi connectivity index (χ4n) is 1.97. The quantitative estimate of drug-likeness (QED) is 0.455. The molecule has 0 amide bonds. The van der Waals surface area contributed by atoms with Gasteiger partial charge in [-0.15, -0.1) is 0 Å². The van der Waals surface area contributed by atoms with E-state index in [2.05, 4.69) is 9.98 Å². The molecule has 0 aromatic rings. The molecule has 0 aromatic heterocycles. The lowest BCUT2D eigenvalue weighted by atomic mass is 9.94. The van der Waals surface area contributed by atoms with Crippen LogP contribution in [0.2, 0.25) is 0 Å². The summed E-state index contributed by atoms with van der Waals surface area (Å²) in [7, 11) is -4.54. The van der Waals surface area contributed by atoms with Gasteiger partial charge < -0.3 is 0 Å². The van der Waals surface area contributed by atoms with Crippen LogP contribution in [-0.4, -0.2) is 40.3 Å². The van der Waals surface area contributed by atoms with E-state index < -0.39 is 16.5 Å². The molecule has 0 saturated heterocycles. The largest absolute Gasteiger partial charge is 0.367 e. The number of aliphatic imine (C=N–C) groups is 2. The van der Waals surface area contributed by atoms with Crippen LogP contribution in [-0.2, 0) is 10.3 Å². The summed E-state index contributed by atoms with van der Waals surface area (Å²) in [5.41, 5.74) is -0.238. The highest BCUT2D eigenvalue weighted by atomic mass is 32.2. The van der Waals surface area contributed by atoms with Crippen molar-refractivity contribution in [3.63, 3.8) is 0 Å². The third-order valence-corrected chi connectivity index (χ3v) is 3.83. The van der Waals surface area contributed by atoms with Crippen molar-refractivity contribution < 1.29 is 13.0 Å². The van der Waals surface area contributed by atoms with E-state index in [1.807, 2.05) is 20.8 Å². The normalized spacial score (nSPS) is 24.8. The molecule has 1 saturated carbocycles. The molecule has 9 heteroatoms. The maximum atomic E-state index is 11.3. The fourth-order valence-corrected chi connectivity index (χ4v) is 2.41. The van der Waals surface area contributed by atoms with Crippen molar-refractivity contribution in [1.29, 1.82) is 0 Å². The van der Waals surface area contributed by atoms with E-state index in [-0.39, 0.29) is 11.3 Å². The van der Waals surface area contributed by atoms with Crippen LogP contribution in [0.3, 0.4) is 0 Å². The minimum absolute atomic E-state index is 0.165. The Balaban J connectivity index is 2.41. The Morgan fingerprint density at radius 1 is 1.40 bits per heavy atom. The molecular weight excluding hydrogens is 282 g/mol. The summed E-state index contributed by atoms with van der Waals surface area (Å²) in [6.07, 6.45) is 1.32. The number of rotatable bonds is 3. The summed E-state index contributed by atoms with van der Waals surface area (Å²) in [6.45, 7) is 7.69. The predicted octanol–water partition coefficient (Wildman–Crippen LogP) is 0.795. The van der Waals surface area contributed by atoms with Crippen LogP contribution < -0.4 is 5.84 Å². The second kappa shape index (κ2) is 4.76. The first-order chi connectivity index (χ1) is 9.01. The van der Waals surface area contributed by atoms with Gasteiger partial charge in [0, 0.05) is 11.3 Å². The summed E-state index contributed by atoms with van der Waals surface area (Å²) >= 11 is 0. The van der Waals surface area contributed by atoms with Gasteiger partial charge in [-0.3, -0.25) is 4.55 Å². The van der Waals surface area contributed by atoms with Crippen LogP contribution >= 0.6 is 0 Å². The van der Waals surface area contributed by atoms with Crippen LogP contribution in [0.25, 0.3) is 0 Å². The Hall–Kier alpha value is -1.03. The molecule has 3 N–H and O–H groups in total. The van der Waals surface area contributed by atoms with E-state index in [1.54, 1.807) is 6.92 Å². The monoisotopic (exact) mass is 303 g/mol. The van der Waals surface area contributed by atoms with Crippen LogP contribution in [0.1, 0.15) is 40.5 Å². The molecule has 2 rings (SSSR count). The van der Waals surface area contributed by atoms with Crippen molar-refractivity contribution in [2.24, 2.45) is 27.2 Å². The summed E-state index contributed by atoms with van der Waals surface area (Å²) in [6, 6.07) is 0. The first kappa shape index (κ1) is 15.4. The van der Waals surface area contributed by atoms with Crippen LogP contribution in [0.5, 0.6) is 0 Å². The van der Waals surface area contributed by atoms with Crippen LogP contribution in [0.15, 0.2) is 9.98 Å². The third-order valence-electron chi connectivity index (χ3n) is 3.18. The highest BCUT2D eigenvalue weighted by Crippen LogP contribution is 2.36. The average molecular weight is 303 g/mol. The second-order valence-corrected chi connectivity index (χ2v) is 7.44. The van der Waals surface area contributed by atoms with E-state index in [1.165, 1.54) is 5.01 Å². The number of nitrogens with zero attached hydrogens (tertiary/aromatic N) is 4. The smallest absolute Gasteiger partial charge is 0.271 e. The van der Waals surface area contributed by atoms with Crippen molar-refractivity contribution in [2.75, 3.05) is 0 Å². The van der Waals surface area contributed by atoms with Crippen molar-refractivity contribution in [3.8, 4) is 0 Å². The molecule has 1 aliphatic heterocycles. The molecule has 2 aliphatic rings. The van der Waals surface area contributed by atoms with Gasteiger partial charge in [0.15, 0.2) is 0 Å². The maximum absolute atomic E-state index is 11.3. The standard InChI is InChI=1S/C11H21N5O3S/c1-7-13-10(11(2,3)4)14-9(8-5-6-8)15(7)16(12)20(17,18)19/h7-8H,5-6,12H2,1-4H3,(H,17,18,19). The molecule has 1 atom stereocenters. The SMILES string of the molecule is CC1N=C(C(C)(C)C)N=C(C2CC2)N1N(N)S(=O)(=O)O. The third kappa shape index (κ3) is 3.00. The Bertz CT molecular complexity index is 559. The molecule has 1 unspecified atom stereocenters. The Morgan fingerprint density at radius 2 is 1.95 bits per heavy atom. The molecule has 1 aliphatic carbocycles. The second-order valence-electron chi connectivity index (χ2n) is 6.17. The van der Waals surface area contributed by atoms with Gasteiger partial charge in [-0.25, -0.2) is 20.8 Å². The summed E-state index contributed by atoms with van der Waals surface area (Å²) in [5.74, 6) is 6.87. The van der Waals surface area contributed by atoms with Gasteiger partial charge in [0.2, 0.25) is 0 Å². The molecule has 1 heterocycles. The van der Waals surface area contributed by atoms with Crippen molar-refractivity contribution in [2.45, 2.75) is 46.7 Å². The van der Waals surface area contributed by atoms with E-state index in [0.29, 0.717) is 16.2 Å². The maximum Gasteiger partial charge on any atom is 0.367 e. The zero-order chi connectivity index (χ0) is 15.3. The predicted molar refractivity (Wildman–Crippen MR) is 75.9 cm³/mol. The van der Waals surface area contributed by atoms with Crippen molar-refractivity contribution in [1.82, 2.24) is 9.53 Å². The lowest BCUT2D eigenvalue weighted by Gasteiger charge is -2.38. The van der Waals surface area contributed by atoms with Crippen LogP contribution in [0, 0.1) is 11.3 Å². The van der Waals surface area contributed by atoms with E-state index in [4.69, 9.17) is 10.4 Å². The highest BCUT2D eigenvalue weighted by Gasteiger charge is 2.42. The number of hydrazine groups is 2. The van der Waals surface area contributed by atoms with Gasteiger partial charge in [0.05, 0.1) is 0 Å². The van der Waals surface area contributed by atoms with Gasteiger partial charge in [-0.2, -0.15) is 8.42 Å². The van der Waals surface area contributed by atoms with E-state index in [9.17, 15) is 8.42 Å². The topological polar surface area (TPSA) is 112 Å². The number of amidine groups is 2. The molecule has 114 valence electrons. The van der Waals surface area contributed by atoms with Gasteiger partial charge in [0.25, 0.3) is 0 Å². The lowest BCUT2D eigenvalue weighted by Crippen LogP contribution is -2.59. The highest BCUT2D eigenvalue weighted by molar-refractivity contribution is 7.83. The lowest BCUT2D eigenvalue weighted by molar-refractivity contribution is 0.0889. The summed E-state index contributed by atoms with van der Waals surface area (Å²) in [5, 5.41) is 1.24. The van der Waals surface area contributed by atoms with Gasteiger partial charge in [-0.05, 0) is 24.3 Å². The minimum Gasteiger partial charge on any atom is -0.271 e. The Labute approximate surface area is 119 Å². The first-order valence-electron chi connectivity index (χ1n) is 6.50. The Kier molecular flexibility index (Phi) is 3.66. The molecule has 0 aromatic carbocycles. The number of nitrogens with two attached hydrogens (primary N) is 1. The summed E-state index contributed by atoms with van der Waals surface area (Å²) < 4.78 is 32.0. The molecular formula is C11H21N5O3S.